The molecule has 0 aliphatic carbocycles. The van der Waals surface area contributed by atoms with Crippen LogP contribution in [0, 0.1) is 0 Å². The highest BCUT2D eigenvalue weighted by Crippen LogP contribution is 2.15. The number of pyridine rings is 1. The van der Waals surface area contributed by atoms with Crippen molar-refractivity contribution >= 4 is 29.0 Å². The number of nitrogens with one attached hydrogen (secondary N) is 2. The molecule has 0 radical (unpaired) electrons. The fraction of sp³-hybridized carbons (Fsp3) is 0.250. The van der Waals surface area contributed by atoms with Gasteiger partial charge in [-0.25, -0.2) is 4.98 Å². The Labute approximate surface area is 134 Å². The Balaban J connectivity index is 2.00. The molecule has 116 valence electrons. The van der Waals surface area contributed by atoms with Crippen LogP contribution in [0.1, 0.15) is 23.7 Å². The number of benzene rings is 1. The lowest BCUT2D eigenvalue weighted by atomic mass is 10.2. The van der Waals surface area contributed by atoms with Crippen molar-refractivity contribution in [1.82, 2.24) is 4.98 Å². The lowest BCUT2D eigenvalue weighted by molar-refractivity contribution is 0.102. The molecule has 0 aliphatic rings. The molecule has 1 amide bonds. The van der Waals surface area contributed by atoms with E-state index in [4.69, 9.17) is 16.7 Å². The Morgan fingerprint density at radius 3 is 2.77 bits per heavy atom. The zero-order valence-electron chi connectivity index (χ0n) is 12.2. The molecule has 1 aromatic carbocycles. The summed E-state index contributed by atoms with van der Waals surface area (Å²) in [7, 11) is 0. The summed E-state index contributed by atoms with van der Waals surface area (Å²) in [6, 6.07) is 10.2. The molecule has 0 fully saturated rings. The molecule has 6 heteroatoms. The Kier molecular flexibility index (Phi) is 5.75. The van der Waals surface area contributed by atoms with Crippen molar-refractivity contribution in [3.8, 4) is 0 Å². The van der Waals surface area contributed by atoms with Gasteiger partial charge in [0.1, 0.15) is 5.82 Å². The van der Waals surface area contributed by atoms with E-state index in [1.54, 1.807) is 42.6 Å². The van der Waals surface area contributed by atoms with Gasteiger partial charge in [-0.2, -0.15) is 0 Å². The molecule has 22 heavy (non-hydrogen) atoms. The molecule has 1 unspecified atom stereocenters. The van der Waals surface area contributed by atoms with E-state index >= 15 is 0 Å². The predicted molar refractivity (Wildman–Crippen MR) is 88.4 cm³/mol. The minimum atomic E-state index is -0.244. The second-order valence-corrected chi connectivity index (χ2v) is 5.27. The van der Waals surface area contributed by atoms with Gasteiger partial charge in [0.15, 0.2) is 0 Å². The largest absolute Gasteiger partial charge is 0.394 e. The summed E-state index contributed by atoms with van der Waals surface area (Å²) in [6.45, 7) is 2.03. The van der Waals surface area contributed by atoms with E-state index in [1.165, 1.54) is 0 Å². The van der Waals surface area contributed by atoms with Gasteiger partial charge in [0.05, 0.1) is 24.5 Å². The molecule has 5 nitrogen and oxygen atoms in total. The van der Waals surface area contributed by atoms with Crippen molar-refractivity contribution in [2.75, 3.05) is 17.2 Å². The molecule has 2 rings (SSSR count). The SMILES string of the molecule is CCC(CO)Nc1ccc(NC(=O)c2cccc(Cl)c2)cn1. The number of rotatable bonds is 6. The third-order valence-electron chi connectivity index (χ3n) is 3.17. The average molecular weight is 320 g/mol. The summed E-state index contributed by atoms with van der Waals surface area (Å²) < 4.78 is 0. The zero-order valence-corrected chi connectivity index (χ0v) is 13.0. The van der Waals surface area contributed by atoms with Gasteiger partial charge >= 0.3 is 0 Å². The first-order valence-electron chi connectivity index (χ1n) is 7.02. The van der Waals surface area contributed by atoms with Crippen LogP contribution < -0.4 is 10.6 Å². The number of amides is 1. The summed E-state index contributed by atoms with van der Waals surface area (Å²) in [4.78, 5) is 16.3. The van der Waals surface area contributed by atoms with Crippen LogP contribution in [-0.2, 0) is 0 Å². The number of halogens is 1. The number of nitrogens with zero attached hydrogens (tertiary/aromatic N) is 1. The summed E-state index contributed by atoms with van der Waals surface area (Å²) >= 11 is 5.87. The molecule has 0 saturated heterocycles. The second kappa shape index (κ2) is 7.77. The Bertz CT molecular complexity index is 628. The molecule has 1 atom stereocenters. The summed E-state index contributed by atoms with van der Waals surface area (Å²) in [6.07, 6.45) is 2.36. The number of aliphatic hydroxyl groups excluding tert-OH is 1. The predicted octanol–water partition coefficient (Wildman–Crippen LogP) is 3.17. The first-order chi connectivity index (χ1) is 10.6. The van der Waals surface area contributed by atoms with Crippen LogP contribution in [0.4, 0.5) is 11.5 Å². The highest BCUT2D eigenvalue weighted by Gasteiger charge is 2.08. The highest BCUT2D eigenvalue weighted by atomic mass is 35.5. The number of hydrogen-bond acceptors (Lipinski definition) is 4. The van der Waals surface area contributed by atoms with Gasteiger partial charge in [0, 0.05) is 10.6 Å². The lowest BCUT2D eigenvalue weighted by Crippen LogP contribution is -2.23. The topological polar surface area (TPSA) is 74.2 Å². The standard InChI is InChI=1S/C16H18ClN3O2/c1-2-13(10-21)19-15-7-6-14(9-18-15)20-16(22)11-4-3-5-12(17)8-11/h3-9,13,21H,2,10H2,1H3,(H,18,19)(H,20,22). The average Bonchev–Trinajstić information content (AvgIpc) is 2.54. The van der Waals surface area contributed by atoms with Crippen molar-refractivity contribution in [2.45, 2.75) is 19.4 Å². The molecule has 0 aliphatic heterocycles. The Morgan fingerprint density at radius 2 is 2.18 bits per heavy atom. The van der Waals surface area contributed by atoms with E-state index in [9.17, 15) is 4.79 Å². The fourth-order valence-corrected chi connectivity index (χ4v) is 2.06. The van der Waals surface area contributed by atoms with E-state index in [1.807, 2.05) is 6.92 Å². The number of carbonyl (C=O) groups excluding carboxylic acids is 1. The van der Waals surface area contributed by atoms with Crippen molar-refractivity contribution in [3.63, 3.8) is 0 Å². The normalized spacial score (nSPS) is 11.8. The third-order valence-corrected chi connectivity index (χ3v) is 3.41. The first kappa shape index (κ1) is 16.3. The number of aromatic nitrogens is 1. The summed E-state index contributed by atoms with van der Waals surface area (Å²) in [5, 5.41) is 15.5. The molecule has 2 aromatic rings. The minimum Gasteiger partial charge on any atom is -0.394 e. The monoisotopic (exact) mass is 319 g/mol. The third kappa shape index (κ3) is 4.44. The van der Waals surface area contributed by atoms with Crippen molar-refractivity contribution < 1.29 is 9.90 Å². The van der Waals surface area contributed by atoms with E-state index < -0.39 is 0 Å². The molecular formula is C16H18ClN3O2. The van der Waals surface area contributed by atoms with Crippen molar-refractivity contribution in [3.05, 3.63) is 53.2 Å². The fourth-order valence-electron chi connectivity index (χ4n) is 1.87. The van der Waals surface area contributed by atoms with E-state index in [-0.39, 0.29) is 18.6 Å². The maximum Gasteiger partial charge on any atom is 0.255 e. The van der Waals surface area contributed by atoms with Gasteiger partial charge in [-0.05, 0) is 36.8 Å². The van der Waals surface area contributed by atoms with Gasteiger partial charge < -0.3 is 15.7 Å². The highest BCUT2D eigenvalue weighted by molar-refractivity contribution is 6.31. The van der Waals surface area contributed by atoms with Crippen LogP contribution in [0.5, 0.6) is 0 Å². The van der Waals surface area contributed by atoms with Crippen LogP contribution in [0.25, 0.3) is 0 Å². The number of hydrogen-bond donors (Lipinski definition) is 3. The van der Waals surface area contributed by atoms with Crippen LogP contribution in [0.15, 0.2) is 42.6 Å². The lowest BCUT2D eigenvalue weighted by Gasteiger charge is -2.14. The number of carbonyl (C=O) groups is 1. The maximum atomic E-state index is 12.1. The Hall–Kier alpha value is -2.11. The first-order valence-corrected chi connectivity index (χ1v) is 7.40. The van der Waals surface area contributed by atoms with Gasteiger partial charge in [0.2, 0.25) is 0 Å². The molecule has 0 spiro atoms. The summed E-state index contributed by atoms with van der Waals surface area (Å²) in [5.41, 5.74) is 1.08. The van der Waals surface area contributed by atoms with E-state index in [2.05, 4.69) is 15.6 Å². The molecule has 0 saturated carbocycles. The van der Waals surface area contributed by atoms with Crippen LogP contribution in [-0.4, -0.2) is 28.6 Å². The van der Waals surface area contributed by atoms with Gasteiger partial charge in [0.25, 0.3) is 5.91 Å². The quantitative estimate of drug-likeness (QED) is 0.764. The minimum absolute atomic E-state index is 0.0283. The van der Waals surface area contributed by atoms with Gasteiger partial charge in [-0.3, -0.25) is 4.79 Å². The maximum absolute atomic E-state index is 12.1. The number of aliphatic hydroxyl groups is 1. The smallest absolute Gasteiger partial charge is 0.255 e. The van der Waals surface area contributed by atoms with E-state index in [0.29, 0.717) is 22.1 Å². The second-order valence-electron chi connectivity index (χ2n) is 4.83. The van der Waals surface area contributed by atoms with Crippen LogP contribution in [0.3, 0.4) is 0 Å². The molecule has 1 aromatic heterocycles. The molecule has 3 N–H and O–H groups in total. The van der Waals surface area contributed by atoms with Crippen LogP contribution >= 0.6 is 11.6 Å². The van der Waals surface area contributed by atoms with E-state index in [0.717, 1.165) is 6.42 Å². The van der Waals surface area contributed by atoms with Gasteiger partial charge in [-0.15, -0.1) is 0 Å². The summed E-state index contributed by atoms with van der Waals surface area (Å²) in [5.74, 6) is 0.411. The van der Waals surface area contributed by atoms with Crippen molar-refractivity contribution in [1.29, 1.82) is 0 Å². The molecular weight excluding hydrogens is 302 g/mol. The van der Waals surface area contributed by atoms with Gasteiger partial charge in [-0.1, -0.05) is 24.6 Å². The van der Waals surface area contributed by atoms with Crippen molar-refractivity contribution in [2.24, 2.45) is 0 Å². The zero-order chi connectivity index (χ0) is 15.9. The van der Waals surface area contributed by atoms with Crippen LogP contribution in [0.2, 0.25) is 5.02 Å². The molecule has 1 heterocycles. The number of anilines is 2. The molecule has 0 bridgehead atoms. The Morgan fingerprint density at radius 1 is 1.36 bits per heavy atom.